The molecule has 1 aromatic carbocycles. The van der Waals surface area contributed by atoms with Gasteiger partial charge in [-0.05, 0) is 30.0 Å². The second kappa shape index (κ2) is 6.05. The Bertz CT molecular complexity index is 518. The molecule has 1 aromatic rings. The second-order valence-corrected chi connectivity index (χ2v) is 5.89. The largest absolute Gasteiger partial charge is 0.355 e. The number of nitrogens with one attached hydrogen (secondary N) is 2. The van der Waals surface area contributed by atoms with Crippen LogP contribution in [0.5, 0.6) is 0 Å². The Morgan fingerprint density at radius 2 is 1.85 bits per heavy atom. The van der Waals surface area contributed by atoms with E-state index in [1.807, 2.05) is 20.8 Å². The lowest BCUT2D eigenvalue weighted by molar-refractivity contribution is -0.119. The summed E-state index contributed by atoms with van der Waals surface area (Å²) in [6.07, 6.45) is 0. The van der Waals surface area contributed by atoms with E-state index in [0.717, 1.165) is 5.56 Å². The summed E-state index contributed by atoms with van der Waals surface area (Å²) in [5.74, 6) is -0.437. The highest BCUT2D eigenvalue weighted by molar-refractivity contribution is 6.00. The summed E-state index contributed by atoms with van der Waals surface area (Å²) in [5, 5.41) is 5.37. The number of amides is 2. The number of benzene rings is 1. The van der Waals surface area contributed by atoms with Crippen molar-refractivity contribution in [3.63, 3.8) is 0 Å². The van der Waals surface area contributed by atoms with Crippen molar-refractivity contribution in [1.29, 1.82) is 0 Å². The molecule has 0 aliphatic heterocycles. The SMILES string of the molecule is CNC(=O)c1cccc(NC(=O)[C@H](N)C(C)(C)C)c1C. The zero-order valence-corrected chi connectivity index (χ0v) is 12.7. The minimum Gasteiger partial charge on any atom is -0.355 e. The maximum absolute atomic E-state index is 12.1. The fourth-order valence-electron chi connectivity index (χ4n) is 1.76. The van der Waals surface area contributed by atoms with Crippen LogP contribution in [-0.4, -0.2) is 24.9 Å². The number of rotatable bonds is 3. The first-order chi connectivity index (χ1) is 9.18. The van der Waals surface area contributed by atoms with Crippen molar-refractivity contribution in [2.24, 2.45) is 11.1 Å². The van der Waals surface area contributed by atoms with Gasteiger partial charge in [0.1, 0.15) is 0 Å². The normalized spacial score (nSPS) is 12.7. The van der Waals surface area contributed by atoms with Crippen molar-refractivity contribution in [2.45, 2.75) is 33.7 Å². The van der Waals surface area contributed by atoms with Crippen LogP contribution < -0.4 is 16.4 Å². The van der Waals surface area contributed by atoms with E-state index in [9.17, 15) is 9.59 Å². The summed E-state index contributed by atoms with van der Waals surface area (Å²) in [5.41, 5.74) is 7.47. The van der Waals surface area contributed by atoms with E-state index in [1.165, 1.54) is 0 Å². The number of carbonyl (C=O) groups is 2. The highest BCUT2D eigenvalue weighted by atomic mass is 16.2. The third-order valence-electron chi connectivity index (χ3n) is 3.28. The zero-order chi connectivity index (χ0) is 15.5. The number of nitrogens with two attached hydrogens (primary N) is 1. The summed E-state index contributed by atoms with van der Waals surface area (Å²) in [6, 6.07) is 4.59. The molecule has 0 saturated carbocycles. The summed E-state index contributed by atoms with van der Waals surface area (Å²) < 4.78 is 0. The van der Waals surface area contributed by atoms with Crippen LogP contribution in [0.3, 0.4) is 0 Å². The maximum atomic E-state index is 12.1. The van der Waals surface area contributed by atoms with Crippen molar-refractivity contribution >= 4 is 17.5 Å². The molecule has 0 aromatic heterocycles. The van der Waals surface area contributed by atoms with Gasteiger partial charge in [-0.25, -0.2) is 0 Å². The monoisotopic (exact) mass is 277 g/mol. The van der Waals surface area contributed by atoms with E-state index >= 15 is 0 Å². The molecule has 1 atom stereocenters. The minimum absolute atomic E-state index is 0.182. The molecular formula is C15H23N3O2. The molecule has 4 N–H and O–H groups in total. The fraction of sp³-hybridized carbons (Fsp3) is 0.467. The van der Waals surface area contributed by atoms with Crippen molar-refractivity contribution < 1.29 is 9.59 Å². The van der Waals surface area contributed by atoms with E-state index in [1.54, 1.807) is 32.2 Å². The molecule has 0 radical (unpaired) electrons. The molecule has 0 fully saturated rings. The molecule has 0 aliphatic carbocycles. The Kier molecular flexibility index (Phi) is 4.89. The fourth-order valence-corrected chi connectivity index (χ4v) is 1.76. The summed E-state index contributed by atoms with van der Waals surface area (Å²) in [7, 11) is 1.57. The van der Waals surface area contributed by atoms with Crippen LogP contribution in [-0.2, 0) is 4.79 Å². The molecule has 0 unspecified atom stereocenters. The number of carbonyl (C=O) groups excluding carboxylic acids is 2. The lowest BCUT2D eigenvalue weighted by Gasteiger charge is -2.26. The van der Waals surface area contributed by atoms with Crippen LogP contribution in [0.1, 0.15) is 36.7 Å². The molecule has 0 saturated heterocycles. The molecule has 2 amide bonds. The lowest BCUT2D eigenvalue weighted by Crippen LogP contribution is -2.45. The van der Waals surface area contributed by atoms with Gasteiger partial charge in [0.2, 0.25) is 5.91 Å². The second-order valence-electron chi connectivity index (χ2n) is 5.89. The van der Waals surface area contributed by atoms with E-state index in [4.69, 9.17) is 5.73 Å². The van der Waals surface area contributed by atoms with E-state index < -0.39 is 6.04 Å². The van der Waals surface area contributed by atoms with Gasteiger partial charge < -0.3 is 16.4 Å². The summed E-state index contributed by atoms with van der Waals surface area (Å²) >= 11 is 0. The predicted octanol–water partition coefficient (Wildman–Crippen LogP) is 1.67. The number of hydrogen-bond acceptors (Lipinski definition) is 3. The number of hydrogen-bond donors (Lipinski definition) is 3. The van der Waals surface area contributed by atoms with Gasteiger partial charge in [-0.1, -0.05) is 26.8 Å². The molecule has 20 heavy (non-hydrogen) atoms. The highest BCUT2D eigenvalue weighted by Gasteiger charge is 2.27. The quantitative estimate of drug-likeness (QED) is 0.785. The van der Waals surface area contributed by atoms with Gasteiger partial charge >= 0.3 is 0 Å². The molecule has 110 valence electrons. The van der Waals surface area contributed by atoms with Gasteiger partial charge in [0.05, 0.1) is 6.04 Å². The van der Waals surface area contributed by atoms with Gasteiger partial charge in [0, 0.05) is 18.3 Å². The van der Waals surface area contributed by atoms with Gasteiger partial charge in [0.25, 0.3) is 5.91 Å². The molecule has 0 bridgehead atoms. The van der Waals surface area contributed by atoms with Gasteiger partial charge in [-0.2, -0.15) is 0 Å². The van der Waals surface area contributed by atoms with Gasteiger partial charge in [-0.15, -0.1) is 0 Å². The van der Waals surface area contributed by atoms with Crippen molar-refractivity contribution in [3.05, 3.63) is 29.3 Å². The third-order valence-corrected chi connectivity index (χ3v) is 3.28. The van der Waals surface area contributed by atoms with Crippen molar-refractivity contribution in [3.8, 4) is 0 Å². The van der Waals surface area contributed by atoms with Crippen molar-refractivity contribution in [2.75, 3.05) is 12.4 Å². The van der Waals surface area contributed by atoms with Crippen LogP contribution >= 0.6 is 0 Å². The molecule has 5 heteroatoms. The highest BCUT2D eigenvalue weighted by Crippen LogP contribution is 2.22. The predicted molar refractivity (Wildman–Crippen MR) is 80.6 cm³/mol. The first-order valence-electron chi connectivity index (χ1n) is 6.56. The Morgan fingerprint density at radius 3 is 2.35 bits per heavy atom. The minimum atomic E-state index is -0.620. The molecule has 0 heterocycles. The van der Waals surface area contributed by atoms with E-state index in [-0.39, 0.29) is 17.2 Å². The van der Waals surface area contributed by atoms with Gasteiger partial charge in [0.15, 0.2) is 0 Å². The molecule has 1 rings (SSSR count). The topological polar surface area (TPSA) is 84.2 Å². The molecule has 0 aliphatic rings. The number of anilines is 1. The van der Waals surface area contributed by atoms with Gasteiger partial charge in [-0.3, -0.25) is 9.59 Å². The van der Waals surface area contributed by atoms with Crippen LogP contribution in [0.4, 0.5) is 5.69 Å². The summed E-state index contributed by atoms with van der Waals surface area (Å²) in [4.78, 5) is 23.8. The Hall–Kier alpha value is -1.88. The lowest BCUT2D eigenvalue weighted by atomic mass is 9.87. The van der Waals surface area contributed by atoms with E-state index in [2.05, 4.69) is 10.6 Å². The molecule has 0 spiro atoms. The van der Waals surface area contributed by atoms with Crippen molar-refractivity contribution in [1.82, 2.24) is 5.32 Å². The van der Waals surface area contributed by atoms with Crippen LogP contribution in [0.2, 0.25) is 0 Å². The Morgan fingerprint density at radius 1 is 1.25 bits per heavy atom. The standard InChI is InChI=1S/C15H23N3O2/c1-9-10(13(19)17-5)7-6-8-11(9)18-14(20)12(16)15(2,3)4/h6-8,12H,16H2,1-5H3,(H,17,19)(H,18,20)/t12-/m0/s1. The average Bonchev–Trinajstić information content (AvgIpc) is 2.38. The van der Waals surface area contributed by atoms with Crippen LogP contribution in [0.25, 0.3) is 0 Å². The maximum Gasteiger partial charge on any atom is 0.251 e. The van der Waals surface area contributed by atoms with Crippen LogP contribution in [0, 0.1) is 12.3 Å². The Labute approximate surface area is 119 Å². The Balaban J connectivity index is 3.00. The first kappa shape index (κ1) is 16.2. The molecule has 5 nitrogen and oxygen atoms in total. The van der Waals surface area contributed by atoms with E-state index in [0.29, 0.717) is 11.3 Å². The van der Waals surface area contributed by atoms with Crippen LogP contribution in [0.15, 0.2) is 18.2 Å². The first-order valence-corrected chi connectivity index (χ1v) is 6.56. The third kappa shape index (κ3) is 3.57. The average molecular weight is 277 g/mol. The summed E-state index contributed by atoms with van der Waals surface area (Å²) in [6.45, 7) is 7.52. The smallest absolute Gasteiger partial charge is 0.251 e. The zero-order valence-electron chi connectivity index (χ0n) is 12.7. The molecular weight excluding hydrogens is 254 g/mol.